The quantitative estimate of drug-likeness (QED) is 0.820. The lowest BCUT2D eigenvalue weighted by Crippen LogP contribution is -2.65. The second-order valence-corrected chi connectivity index (χ2v) is 7.90. The van der Waals surface area contributed by atoms with Crippen LogP contribution in [0.3, 0.4) is 0 Å². The zero-order valence-electron chi connectivity index (χ0n) is 14.5. The molecular weight excluding hydrogens is 284 g/mol. The summed E-state index contributed by atoms with van der Waals surface area (Å²) in [4.78, 5) is 0. The number of aliphatic hydroxyl groups excluding tert-OH is 1. The van der Waals surface area contributed by atoms with Crippen LogP contribution in [0.15, 0.2) is 30.3 Å². The van der Waals surface area contributed by atoms with Crippen LogP contribution in [0.4, 0.5) is 0 Å². The Hall–Kier alpha value is -0.900. The molecule has 1 aliphatic heterocycles. The number of benzene rings is 1. The van der Waals surface area contributed by atoms with Crippen LogP contribution in [0.2, 0.25) is 0 Å². The zero-order chi connectivity index (χ0) is 16.3. The van der Waals surface area contributed by atoms with Crippen molar-refractivity contribution in [2.45, 2.75) is 70.2 Å². The lowest BCUT2D eigenvalue weighted by Gasteiger charge is -2.51. The number of rotatable bonds is 5. The fourth-order valence-electron chi connectivity index (χ4n) is 5.11. The summed E-state index contributed by atoms with van der Waals surface area (Å²) in [5, 5.41) is 10.5. The molecule has 1 saturated carbocycles. The van der Waals surface area contributed by atoms with Gasteiger partial charge in [-0.25, -0.2) is 0 Å². The van der Waals surface area contributed by atoms with Crippen molar-refractivity contribution in [1.82, 2.24) is 0 Å². The number of aliphatic hydroxyl groups is 1. The van der Waals surface area contributed by atoms with Gasteiger partial charge >= 0.3 is 0 Å². The van der Waals surface area contributed by atoms with E-state index in [1.54, 1.807) is 0 Å². The molecule has 0 aromatic heterocycles. The summed E-state index contributed by atoms with van der Waals surface area (Å²) in [6.45, 7) is 5.34. The van der Waals surface area contributed by atoms with Gasteiger partial charge in [-0.2, -0.15) is 0 Å². The largest absolute Gasteiger partial charge is 0.393 e. The Morgan fingerprint density at radius 3 is 2.52 bits per heavy atom. The van der Waals surface area contributed by atoms with Crippen LogP contribution < -0.4 is 5.73 Å². The standard InChI is InChI=1S/C20H33N2O/c1-2-20(23)17-12-18(21)15-22(14-17,19-10-6-7-11-19)13-16-8-4-3-5-9-16/h3-5,8-9,17-20,23H,2,6-7,10-15,21H2,1H3/q+1. The highest BCUT2D eigenvalue weighted by Crippen LogP contribution is 2.37. The van der Waals surface area contributed by atoms with Crippen LogP contribution in [-0.2, 0) is 6.54 Å². The van der Waals surface area contributed by atoms with Crippen molar-refractivity contribution in [3.63, 3.8) is 0 Å². The van der Waals surface area contributed by atoms with Gasteiger partial charge in [0.2, 0.25) is 0 Å². The van der Waals surface area contributed by atoms with E-state index in [1.807, 2.05) is 0 Å². The van der Waals surface area contributed by atoms with Crippen molar-refractivity contribution in [3.8, 4) is 0 Å². The van der Waals surface area contributed by atoms with Gasteiger partial charge in [-0.3, -0.25) is 0 Å². The molecule has 1 saturated heterocycles. The van der Waals surface area contributed by atoms with Gasteiger partial charge in [-0.1, -0.05) is 37.3 Å². The highest BCUT2D eigenvalue weighted by molar-refractivity contribution is 5.13. The summed E-state index contributed by atoms with van der Waals surface area (Å²) < 4.78 is 1.10. The van der Waals surface area contributed by atoms with E-state index in [9.17, 15) is 5.11 Å². The molecule has 4 atom stereocenters. The number of likely N-dealkylation sites (tertiary alicyclic amines) is 1. The monoisotopic (exact) mass is 317 g/mol. The molecule has 3 heteroatoms. The van der Waals surface area contributed by atoms with Crippen molar-refractivity contribution < 1.29 is 9.59 Å². The molecule has 1 aromatic rings. The molecule has 3 N–H and O–H groups in total. The van der Waals surface area contributed by atoms with Crippen molar-refractivity contribution >= 4 is 0 Å². The van der Waals surface area contributed by atoms with Gasteiger partial charge in [0.15, 0.2) is 0 Å². The Bertz CT molecular complexity index is 486. The van der Waals surface area contributed by atoms with Gasteiger partial charge < -0.3 is 15.3 Å². The second-order valence-electron chi connectivity index (χ2n) is 7.90. The van der Waals surface area contributed by atoms with Crippen LogP contribution >= 0.6 is 0 Å². The summed E-state index contributed by atoms with van der Waals surface area (Å²) in [6.07, 6.45) is 6.99. The Balaban J connectivity index is 1.87. The van der Waals surface area contributed by atoms with E-state index < -0.39 is 0 Å². The first kappa shape index (κ1) is 16.9. The molecule has 23 heavy (non-hydrogen) atoms. The highest BCUT2D eigenvalue weighted by Gasteiger charge is 2.46. The summed E-state index contributed by atoms with van der Waals surface area (Å²) in [5.41, 5.74) is 7.90. The molecule has 4 unspecified atom stereocenters. The normalized spacial score (nSPS) is 33.7. The van der Waals surface area contributed by atoms with Gasteiger partial charge in [0.1, 0.15) is 6.54 Å². The predicted molar refractivity (Wildman–Crippen MR) is 94.8 cm³/mol. The van der Waals surface area contributed by atoms with Crippen molar-refractivity contribution in [3.05, 3.63) is 35.9 Å². The molecular formula is C20H33N2O+. The summed E-state index contributed by atoms with van der Waals surface area (Å²) in [7, 11) is 0. The minimum Gasteiger partial charge on any atom is -0.393 e. The van der Waals surface area contributed by atoms with Gasteiger partial charge in [0.05, 0.1) is 31.3 Å². The number of hydrogen-bond donors (Lipinski definition) is 2. The minimum absolute atomic E-state index is 0.198. The second kappa shape index (κ2) is 7.33. The van der Waals surface area contributed by atoms with E-state index in [-0.39, 0.29) is 12.1 Å². The van der Waals surface area contributed by atoms with Crippen LogP contribution in [0.25, 0.3) is 0 Å². The molecule has 1 heterocycles. The molecule has 0 spiro atoms. The summed E-state index contributed by atoms with van der Waals surface area (Å²) in [5.74, 6) is 0.355. The Morgan fingerprint density at radius 2 is 1.87 bits per heavy atom. The summed E-state index contributed by atoms with van der Waals surface area (Å²) in [6, 6.07) is 11.8. The first-order chi connectivity index (χ1) is 11.1. The average Bonchev–Trinajstić information content (AvgIpc) is 3.09. The fraction of sp³-hybridized carbons (Fsp3) is 0.700. The lowest BCUT2D eigenvalue weighted by atomic mass is 9.85. The Morgan fingerprint density at radius 1 is 1.17 bits per heavy atom. The van der Waals surface area contributed by atoms with Gasteiger partial charge in [0, 0.05) is 11.5 Å². The third-order valence-electron chi connectivity index (χ3n) is 6.20. The van der Waals surface area contributed by atoms with Crippen molar-refractivity contribution in [1.29, 1.82) is 0 Å². The molecule has 2 aliphatic rings. The molecule has 3 nitrogen and oxygen atoms in total. The number of nitrogens with zero attached hydrogens (tertiary/aromatic N) is 1. The van der Waals surface area contributed by atoms with Crippen LogP contribution in [0.5, 0.6) is 0 Å². The third kappa shape index (κ3) is 3.78. The van der Waals surface area contributed by atoms with Crippen molar-refractivity contribution in [2.24, 2.45) is 11.7 Å². The Kier molecular flexibility index (Phi) is 5.40. The van der Waals surface area contributed by atoms with Crippen LogP contribution in [-0.4, -0.2) is 40.9 Å². The van der Waals surface area contributed by atoms with E-state index in [0.717, 1.165) is 43.0 Å². The SMILES string of the molecule is CCC(O)C1CC(N)C[N+](Cc2ccccc2)(C2CCCC2)C1. The maximum Gasteiger partial charge on any atom is 0.105 e. The lowest BCUT2D eigenvalue weighted by molar-refractivity contribution is -0.971. The topological polar surface area (TPSA) is 46.2 Å². The minimum atomic E-state index is -0.198. The number of hydrogen-bond acceptors (Lipinski definition) is 2. The van der Waals surface area contributed by atoms with E-state index in [2.05, 4.69) is 37.3 Å². The van der Waals surface area contributed by atoms with Crippen LogP contribution in [0, 0.1) is 5.92 Å². The van der Waals surface area contributed by atoms with Gasteiger partial charge in [0.25, 0.3) is 0 Å². The molecule has 0 radical (unpaired) electrons. The van der Waals surface area contributed by atoms with E-state index in [1.165, 1.54) is 31.2 Å². The van der Waals surface area contributed by atoms with E-state index in [0.29, 0.717) is 5.92 Å². The molecule has 2 fully saturated rings. The van der Waals surface area contributed by atoms with E-state index >= 15 is 0 Å². The smallest absolute Gasteiger partial charge is 0.105 e. The predicted octanol–water partition coefficient (Wildman–Crippen LogP) is 3.06. The average molecular weight is 317 g/mol. The summed E-state index contributed by atoms with van der Waals surface area (Å²) >= 11 is 0. The molecule has 3 rings (SSSR count). The number of piperidine rings is 1. The van der Waals surface area contributed by atoms with E-state index in [4.69, 9.17) is 5.73 Å². The number of nitrogens with two attached hydrogens (primary N) is 1. The molecule has 0 amide bonds. The maximum absolute atomic E-state index is 10.5. The molecule has 0 bridgehead atoms. The Labute approximate surface area is 141 Å². The van der Waals surface area contributed by atoms with Gasteiger partial charge in [-0.15, -0.1) is 0 Å². The zero-order valence-corrected chi connectivity index (χ0v) is 14.5. The molecule has 128 valence electrons. The highest BCUT2D eigenvalue weighted by atomic mass is 16.3. The number of quaternary nitrogens is 1. The first-order valence-corrected chi connectivity index (χ1v) is 9.46. The maximum atomic E-state index is 10.5. The molecule has 1 aromatic carbocycles. The first-order valence-electron chi connectivity index (χ1n) is 9.46. The van der Waals surface area contributed by atoms with Crippen LogP contribution in [0.1, 0.15) is 51.0 Å². The molecule has 1 aliphatic carbocycles. The fourth-order valence-corrected chi connectivity index (χ4v) is 5.11. The van der Waals surface area contributed by atoms with Gasteiger partial charge in [-0.05, 0) is 38.5 Å². The van der Waals surface area contributed by atoms with Crippen molar-refractivity contribution in [2.75, 3.05) is 13.1 Å². The third-order valence-corrected chi connectivity index (χ3v) is 6.20.